The van der Waals surface area contributed by atoms with E-state index in [2.05, 4.69) is 38.8 Å². The van der Waals surface area contributed by atoms with E-state index in [4.69, 9.17) is 0 Å². The van der Waals surface area contributed by atoms with Gasteiger partial charge in [0.15, 0.2) is 5.78 Å². The van der Waals surface area contributed by atoms with Crippen LogP contribution in [0.1, 0.15) is 30.9 Å². The molecule has 1 atom stereocenters. The van der Waals surface area contributed by atoms with Gasteiger partial charge in [0.2, 0.25) is 0 Å². The van der Waals surface area contributed by atoms with Gasteiger partial charge in [0.1, 0.15) is 0 Å². The van der Waals surface area contributed by atoms with Crippen LogP contribution in [0.2, 0.25) is 0 Å². The molecule has 1 nitrogen and oxygen atoms in total. The highest BCUT2D eigenvalue weighted by Gasteiger charge is 2.25. The zero-order valence-corrected chi connectivity index (χ0v) is 16.6. The van der Waals surface area contributed by atoms with Crippen LogP contribution in [0.3, 0.4) is 0 Å². The SMILES string of the molecule is CC1CC(=Cc2ccc(Br)cc2)C(=O)/C(=C/c2ccc(Br)cc2)C1. The van der Waals surface area contributed by atoms with Gasteiger partial charge in [0.05, 0.1) is 0 Å². The summed E-state index contributed by atoms with van der Waals surface area (Å²) in [6.45, 7) is 2.21. The number of benzene rings is 2. The van der Waals surface area contributed by atoms with Crippen molar-refractivity contribution >= 4 is 49.8 Å². The number of Topliss-reactive ketones (excluding diaryl/α,β-unsaturated/α-hetero) is 1. The third-order valence-electron chi connectivity index (χ3n) is 4.14. The molecule has 2 aromatic carbocycles. The summed E-state index contributed by atoms with van der Waals surface area (Å²) < 4.78 is 2.09. The van der Waals surface area contributed by atoms with Crippen LogP contribution in [-0.4, -0.2) is 5.78 Å². The molecule has 0 radical (unpaired) electrons. The fourth-order valence-electron chi connectivity index (χ4n) is 2.98. The molecule has 24 heavy (non-hydrogen) atoms. The predicted molar refractivity (Wildman–Crippen MR) is 108 cm³/mol. The van der Waals surface area contributed by atoms with Crippen molar-refractivity contribution in [3.8, 4) is 0 Å². The van der Waals surface area contributed by atoms with E-state index in [-0.39, 0.29) is 5.78 Å². The largest absolute Gasteiger partial charge is 0.289 e. The molecule has 0 saturated heterocycles. The van der Waals surface area contributed by atoms with Gasteiger partial charge in [-0.15, -0.1) is 0 Å². The minimum absolute atomic E-state index is 0.180. The van der Waals surface area contributed by atoms with Crippen LogP contribution in [0, 0.1) is 5.92 Å². The van der Waals surface area contributed by atoms with Crippen molar-refractivity contribution < 1.29 is 4.79 Å². The predicted octanol–water partition coefficient (Wildman–Crippen LogP) is 6.68. The van der Waals surface area contributed by atoms with Gasteiger partial charge in [0.25, 0.3) is 0 Å². The smallest absolute Gasteiger partial charge is 0.185 e. The molecule has 1 fully saturated rings. The Morgan fingerprint density at radius 1 is 0.792 bits per heavy atom. The van der Waals surface area contributed by atoms with Crippen molar-refractivity contribution in [3.05, 3.63) is 79.7 Å². The van der Waals surface area contributed by atoms with Gasteiger partial charge in [0, 0.05) is 20.1 Å². The average Bonchev–Trinajstić information content (AvgIpc) is 2.56. The van der Waals surface area contributed by atoms with E-state index in [1.54, 1.807) is 0 Å². The van der Waals surface area contributed by atoms with Crippen LogP contribution in [0.15, 0.2) is 68.6 Å². The van der Waals surface area contributed by atoms with E-state index in [9.17, 15) is 4.79 Å². The Morgan fingerprint density at radius 3 is 1.54 bits per heavy atom. The minimum Gasteiger partial charge on any atom is -0.289 e. The number of ketones is 1. The quantitative estimate of drug-likeness (QED) is 0.471. The Labute approximate surface area is 159 Å². The molecular weight excluding hydrogens is 428 g/mol. The molecule has 1 unspecified atom stereocenters. The first-order chi connectivity index (χ1) is 11.5. The van der Waals surface area contributed by atoms with Crippen LogP contribution in [0.4, 0.5) is 0 Å². The van der Waals surface area contributed by atoms with Crippen LogP contribution < -0.4 is 0 Å². The van der Waals surface area contributed by atoms with E-state index >= 15 is 0 Å². The summed E-state index contributed by atoms with van der Waals surface area (Å²) in [5.41, 5.74) is 3.94. The van der Waals surface area contributed by atoms with Crippen molar-refractivity contribution in [1.82, 2.24) is 0 Å². The van der Waals surface area contributed by atoms with Crippen molar-refractivity contribution in [2.24, 2.45) is 5.92 Å². The highest BCUT2D eigenvalue weighted by atomic mass is 79.9. The minimum atomic E-state index is 0.180. The summed E-state index contributed by atoms with van der Waals surface area (Å²) in [5.74, 6) is 0.657. The highest BCUT2D eigenvalue weighted by Crippen LogP contribution is 2.32. The first-order valence-corrected chi connectivity index (χ1v) is 9.57. The van der Waals surface area contributed by atoms with Crippen LogP contribution in [0.5, 0.6) is 0 Å². The number of carbonyl (C=O) groups excluding carboxylic acids is 1. The van der Waals surface area contributed by atoms with Gasteiger partial charge in [-0.05, 0) is 66.3 Å². The summed E-state index contributed by atoms with van der Waals surface area (Å²) in [6.07, 6.45) is 5.73. The molecule has 3 rings (SSSR count). The van der Waals surface area contributed by atoms with Crippen molar-refractivity contribution in [1.29, 1.82) is 0 Å². The van der Waals surface area contributed by atoms with Gasteiger partial charge in [-0.1, -0.05) is 63.0 Å². The van der Waals surface area contributed by atoms with Crippen molar-refractivity contribution in [3.63, 3.8) is 0 Å². The molecule has 0 spiro atoms. The summed E-state index contributed by atoms with van der Waals surface area (Å²) >= 11 is 6.89. The van der Waals surface area contributed by atoms with Gasteiger partial charge >= 0.3 is 0 Å². The Kier molecular flexibility index (Phi) is 5.52. The zero-order chi connectivity index (χ0) is 17.1. The van der Waals surface area contributed by atoms with Gasteiger partial charge in [-0.3, -0.25) is 4.79 Å². The molecule has 0 bridgehead atoms. The maximum Gasteiger partial charge on any atom is 0.185 e. The lowest BCUT2D eigenvalue weighted by molar-refractivity contribution is -0.113. The van der Waals surface area contributed by atoms with E-state index in [0.717, 1.165) is 44.1 Å². The van der Waals surface area contributed by atoms with Gasteiger partial charge in [-0.2, -0.15) is 0 Å². The third-order valence-corrected chi connectivity index (χ3v) is 5.20. The molecule has 0 N–H and O–H groups in total. The summed E-state index contributed by atoms with van der Waals surface area (Å²) in [6, 6.07) is 16.1. The summed E-state index contributed by atoms with van der Waals surface area (Å²) in [4.78, 5) is 12.9. The van der Waals surface area contributed by atoms with Gasteiger partial charge in [-0.25, -0.2) is 0 Å². The molecule has 1 aliphatic carbocycles. The van der Waals surface area contributed by atoms with Crippen LogP contribution >= 0.6 is 31.9 Å². The fourth-order valence-corrected chi connectivity index (χ4v) is 3.51. The molecule has 0 heterocycles. The lowest BCUT2D eigenvalue weighted by Crippen LogP contribution is -2.18. The number of hydrogen-bond donors (Lipinski definition) is 0. The Hall–Kier alpha value is -1.45. The normalized spacial score (nSPS) is 21.5. The molecule has 2 aromatic rings. The monoisotopic (exact) mass is 444 g/mol. The van der Waals surface area contributed by atoms with Crippen LogP contribution in [-0.2, 0) is 4.79 Å². The Bertz CT molecular complexity index is 731. The Morgan fingerprint density at radius 2 is 1.17 bits per heavy atom. The molecule has 122 valence electrons. The maximum absolute atomic E-state index is 12.9. The van der Waals surface area contributed by atoms with E-state index in [1.807, 2.05) is 60.7 Å². The van der Waals surface area contributed by atoms with E-state index < -0.39 is 0 Å². The van der Waals surface area contributed by atoms with E-state index in [1.165, 1.54) is 0 Å². The zero-order valence-electron chi connectivity index (χ0n) is 13.4. The average molecular weight is 446 g/mol. The summed E-state index contributed by atoms with van der Waals surface area (Å²) in [7, 11) is 0. The molecule has 0 aliphatic heterocycles. The third kappa shape index (κ3) is 4.34. The second-order valence-corrected chi connectivity index (χ2v) is 8.12. The first-order valence-electron chi connectivity index (χ1n) is 7.98. The topological polar surface area (TPSA) is 17.1 Å². The Balaban J connectivity index is 1.90. The second-order valence-electron chi connectivity index (χ2n) is 6.28. The summed E-state index contributed by atoms with van der Waals surface area (Å²) in [5, 5.41) is 0. The number of halogens is 2. The molecule has 3 heteroatoms. The number of rotatable bonds is 2. The number of carbonyl (C=O) groups is 1. The van der Waals surface area contributed by atoms with Gasteiger partial charge < -0.3 is 0 Å². The standard InChI is InChI=1S/C21H18Br2O/c1-14-10-17(12-15-2-6-19(22)7-3-15)21(24)18(11-14)13-16-4-8-20(23)9-5-16/h2-9,12-14H,10-11H2,1H3/b17-12+,18-13?. The van der Waals surface area contributed by atoms with Crippen LogP contribution in [0.25, 0.3) is 12.2 Å². The lowest BCUT2D eigenvalue weighted by atomic mass is 9.81. The first kappa shape index (κ1) is 17.4. The lowest BCUT2D eigenvalue weighted by Gasteiger charge is -2.22. The molecular formula is C21H18Br2O. The number of allylic oxidation sites excluding steroid dienone is 2. The van der Waals surface area contributed by atoms with Crippen molar-refractivity contribution in [2.75, 3.05) is 0 Å². The molecule has 1 saturated carbocycles. The van der Waals surface area contributed by atoms with E-state index in [0.29, 0.717) is 5.92 Å². The highest BCUT2D eigenvalue weighted by molar-refractivity contribution is 9.10. The molecule has 1 aliphatic rings. The number of hydrogen-bond acceptors (Lipinski definition) is 1. The second kappa shape index (κ2) is 7.62. The molecule has 0 amide bonds. The molecule has 0 aromatic heterocycles. The van der Waals surface area contributed by atoms with Crippen molar-refractivity contribution in [2.45, 2.75) is 19.8 Å². The fraction of sp³-hybridized carbons (Fsp3) is 0.190. The maximum atomic E-state index is 12.9.